The first-order valence-corrected chi connectivity index (χ1v) is 13.8. The maximum absolute atomic E-state index is 13.7. The van der Waals surface area contributed by atoms with Gasteiger partial charge in [-0.3, -0.25) is 9.69 Å². The lowest BCUT2D eigenvalue weighted by Gasteiger charge is -2.36. The molecular formula is C26H25F6N3O5S. The number of sulfone groups is 1. The lowest BCUT2D eigenvalue weighted by molar-refractivity contribution is -0.302. The highest BCUT2D eigenvalue weighted by Gasteiger charge is 2.71. The van der Waals surface area contributed by atoms with Crippen LogP contribution in [0.1, 0.15) is 49.9 Å². The Bertz CT molecular complexity index is 1480. The molecule has 41 heavy (non-hydrogen) atoms. The van der Waals surface area contributed by atoms with Gasteiger partial charge in [0.2, 0.25) is 0 Å². The van der Waals surface area contributed by atoms with E-state index >= 15 is 0 Å². The van der Waals surface area contributed by atoms with Crippen LogP contribution in [0.2, 0.25) is 0 Å². The van der Waals surface area contributed by atoms with Crippen molar-refractivity contribution in [2.45, 2.75) is 68.0 Å². The molecule has 1 aliphatic heterocycles. The summed E-state index contributed by atoms with van der Waals surface area (Å²) >= 11 is 0. The summed E-state index contributed by atoms with van der Waals surface area (Å²) in [4.78, 5) is 27.3. The van der Waals surface area contributed by atoms with Gasteiger partial charge in [-0.1, -0.05) is 18.2 Å². The monoisotopic (exact) mass is 605 g/mol. The van der Waals surface area contributed by atoms with Crippen molar-refractivity contribution in [3.63, 3.8) is 0 Å². The standard InChI is InChI=1S/C26H25F6N3O5S/c1-23(2,3)40-22(37)35-14-15-13-18(41(4,38)39)9-10-19(15)20(35)21(36)34-17-7-5-16(6-8-17)24(11-12-33,25(27,28)29)26(30,31)32/h5-10,13,20H,11,14H2,1-4H3,(H,34,36). The van der Waals surface area contributed by atoms with Crippen molar-refractivity contribution < 1.29 is 49.1 Å². The molecule has 8 nitrogen and oxygen atoms in total. The van der Waals surface area contributed by atoms with Crippen LogP contribution in [0.3, 0.4) is 0 Å². The maximum Gasteiger partial charge on any atom is 0.411 e. The Labute approximate surface area is 231 Å². The molecule has 1 unspecified atom stereocenters. The number of fused-ring (bicyclic) bond motifs is 1. The number of benzene rings is 2. The van der Waals surface area contributed by atoms with Crippen molar-refractivity contribution in [1.29, 1.82) is 5.26 Å². The van der Waals surface area contributed by atoms with Gasteiger partial charge in [0.05, 0.1) is 23.9 Å². The SMILES string of the molecule is CC(C)(C)OC(=O)N1Cc2cc(S(C)(=O)=O)ccc2C1C(=O)Nc1ccc(C(CC#N)(C(F)(F)F)C(F)(F)F)cc1. The van der Waals surface area contributed by atoms with Crippen LogP contribution >= 0.6 is 0 Å². The number of alkyl halides is 6. The highest BCUT2D eigenvalue weighted by Crippen LogP contribution is 2.54. The van der Waals surface area contributed by atoms with Gasteiger partial charge in [-0.2, -0.15) is 31.6 Å². The minimum Gasteiger partial charge on any atom is -0.444 e. The second kappa shape index (κ2) is 10.6. The number of rotatable bonds is 5. The fourth-order valence-electron chi connectivity index (χ4n) is 4.39. The van der Waals surface area contributed by atoms with Gasteiger partial charge in [-0.15, -0.1) is 0 Å². The smallest absolute Gasteiger partial charge is 0.411 e. The molecule has 15 heteroatoms. The molecule has 0 fully saturated rings. The van der Waals surface area contributed by atoms with Crippen LogP contribution in [-0.2, 0) is 31.3 Å². The van der Waals surface area contributed by atoms with Crippen molar-refractivity contribution in [2.24, 2.45) is 0 Å². The molecular weight excluding hydrogens is 580 g/mol. The first-order valence-electron chi connectivity index (χ1n) is 11.9. The van der Waals surface area contributed by atoms with Gasteiger partial charge in [0.1, 0.15) is 11.6 Å². The van der Waals surface area contributed by atoms with Crippen molar-refractivity contribution in [2.75, 3.05) is 11.6 Å². The summed E-state index contributed by atoms with van der Waals surface area (Å²) in [5.74, 6) is -0.885. The number of nitrogens with zero attached hydrogens (tertiary/aromatic N) is 2. The number of halogens is 6. The minimum absolute atomic E-state index is 0.0628. The fourth-order valence-corrected chi connectivity index (χ4v) is 5.06. The molecule has 3 rings (SSSR count). The van der Waals surface area contributed by atoms with Crippen LogP contribution < -0.4 is 5.32 Å². The predicted molar refractivity (Wildman–Crippen MR) is 133 cm³/mol. The van der Waals surface area contributed by atoms with Gasteiger partial charge >= 0.3 is 18.4 Å². The zero-order chi connectivity index (χ0) is 31.2. The number of amides is 2. The average molecular weight is 606 g/mol. The molecule has 1 N–H and O–H groups in total. The summed E-state index contributed by atoms with van der Waals surface area (Å²) in [5.41, 5.74) is -6.28. The largest absolute Gasteiger partial charge is 0.444 e. The predicted octanol–water partition coefficient (Wildman–Crippen LogP) is 5.80. The summed E-state index contributed by atoms with van der Waals surface area (Å²) < 4.78 is 112. The van der Waals surface area contributed by atoms with Gasteiger partial charge < -0.3 is 10.1 Å². The van der Waals surface area contributed by atoms with E-state index in [9.17, 15) is 44.3 Å². The highest BCUT2D eigenvalue weighted by molar-refractivity contribution is 7.90. The second-order valence-electron chi connectivity index (χ2n) is 10.4. The van der Waals surface area contributed by atoms with Crippen LogP contribution in [-0.4, -0.2) is 49.5 Å². The zero-order valence-electron chi connectivity index (χ0n) is 22.1. The van der Waals surface area contributed by atoms with Crippen molar-refractivity contribution >= 4 is 27.5 Å². The molecule has 0 aromatic heterocycles. The molecule has 2 amide bonds. The van der Waals surface area contributed by atoms with E-state index in [4.69, 9.17) is 10.00 Å². The summed E-state index contributed by atoms with van der Waals surface area (Å²) in [6, 6.07) is 6.14. The van der Waals surface area contributed by atoms with E-state index in [1.165, 1.54) is 18.2 Å². The first-order chi connectivity index (χ1) is 18.6. The van der Waals surface area contributed by atoms with Crippen LogP contribution in [0.15, 0.2) is 47.4 Å². The Kier molecular flexibility index (Phi) is 8.16. The molecule has 0 saturated heterocycles. The number of nitriles is 1. The molecule has 222 valence electrons. The van der Waals surface area contributed by atoms with E-state index in [0.29, 0.717) is 17.7 Å². The number of nitrogens with one attached hydrogen (secondary N) is 1. The topological polar surface area (TPSA) is 117 Å². The molecule has 0 spiro atoms. The number of anilines is 1. The molecule has 1 aliphatic rings. The third-order valence-electron chi connectivity index (χ3n) is 6.32. The van der Waals surface area contributed by atoms with E-state index in [0.717, 1.165) is 29.4 Å². The maximum atomic E-state index is 13.7. The Morgan fingerprint density at radius 3 is 2.05 bits per heavy atom. The number of hydrogen-bond donors (Lipinski definition) is 1. The Morgan fingerprint density at radius 2 is 1.59 bits per heavy atom. The van der Waals surface area contributed by atoms with Gasteiger partial charge in [-0.25, -0.2) is 13.2 Å². The normalized spacial score (nSPS) is 16.1. The Morgan fingerprint density at radius 1 is 1.02 bits per heavy atom. The Balaban J connectivity index is 2.00. The lowest BCUT2D eigenvalue weighted by atomic mass is 9.76. The molecule has 2 aromatic rings. The van der Waals surface area contributed by atoms with E-state index in [-0.39, 0.29) is 22.7 Å². The van der Waals surface area contributed by atoms with Gasteiger partial charge in [0.15, 0.2) is 15.3 Å². The summed E-state index contributed by atoms with van der Waals surface area (Å²) in [7, 11) is -3.63. The van der Waals surface area contributed by atoms with E-state index < -0.39 is 63.2 Å². The molecule has 0 saturated carbocycles. The quantitative estimate of drug-likeness (QED) is 0.431. The van der Waals surface area contributed by atoms with E-state index in [1.54, 1.807) is 20.8 Å². The van der Waals surface area contributed by atoms with Gasteiger partial charge in [-0.05, 0) is 61.7 Å². The number of carbonyl (C=O) groups is 2. The first kappa shape index (κ1) is 31.7. The highest BCUT2D eigenvalue weighted by atomic mass is 32.2. The van der Waals surface area contributed by atoms with Crippen LogP contribution in [0, 0.1) is 11.3 Å². The van der Waals surface area contributed by atoms with Gasteiger partial charge in [0, 0.05) is 11.9 Å². The van der Waals surface area contributed by atoms with Crippen molar-refractivity contribution in [1.82, 2.24) is 4.90 Å². The molecule has 2 aromatic carbocycles. The second-order valence-corrected chi connectivity index (χ2v) is 12.5. The number of carbonyl (C=O) groups excluding carboxylic acids is 2. The van der Waals surface area contributed by atoms with E-state index in [1.807, 2.05) is 0 Å². The van der Waals surface area contributed by atoms with Crippen LogP contribution in [0.5, 0.6) is 0 Å². The Hall–Kier alpha value is -3.80. The van der Waals surface area contributed by atoms with Crippen LogP contribution in [0.4, 0.5) is 36.8 Å². The summed E-state index contributed by atoms with van der Waals surface area (Å²) in [6.45, 7) is 4.54. The number of ether oxygens (including phenoxy) is 1. The van der Waals surface area contributed by atoms with Crippen LogP contribution in [0.25, 0.3) is 0 Å². The fraction of sp³-hybridized carbons (Fsp3) is 0.423. The van der Waals surface area contributed by atoms with E-state index in [2.05, 4.69) is 5.32 Å². The molecule has 1 atom stereocenters. The third-order valence-corrected chi connectivity index (χ3v) is 7.43. The van der Waals surface area contributed by atoms with Crippen molar-refractivity contribution in [3.05, 3.63) is 59.2 Å². The zero-order valence-corrected chi connectivity index (χ0v) is 23.0. The average Bonchev–Trinajstić information content (AvgIpc) is 3.19. The summed E-state index contributed by atoms with van der Waals surface area (Å²) in [5, 5.41) is 11.2. The minimum atomic E-state index is -5.85. The summed E-state index contributed by atoms with van der Waals surface area (Å²) in [6.07, 6.45) is -13.5. The van der Waals surface area contributed by atoms with Crippen molar-refractivity contribution in [3.8, 4) is 6.07 Å². The number of hydrogen-bond acceptors (Lipinski definition) is 6. The lowest BCUT2D eigenvalue weighted by Crippen LogP contribution is -2.53. The molecule has 1 heterocycles. The molecule has 0 radical (unpaired) electrons. The van der Waals surface area contributed by atoms with Gasteiger partial charge in [0.25, 0.3) is 5.91 Å². The third kappa shape index (κ3) is 6.27. The molecule has 0 bridgehead atoms. The molecule has 0 aliphatic carbocycles.